The maximum absolute atomic E-state index is 13.9. The van der Waals surface area contributed by atoms with Crippen molar-refractivity contribution in [3.8, 4) is 0 Å². The molecule has 5 heterocycles. The number of hydrogen-bond donors (Lipinski definition) is 0. The fourth-order valence-corrected chi connectivity index (χ4v) is 7.73. The van der Waals surface area contributed by atoms with E-state index in [1.807, 2.05) is 25.1 Å². The van der Waals surface area contributed by atoms with E-state index in [4.69, 9.17) is 4.74 Å². The number of fused-ring (bicyclic) bond motifs is 4. The van der Waals surface area contributed by atoms with E-state index in [0.717, 1.165) is 34.9 Å². The molecule has 0 saturated carbocycles. The number of esters is 1. The Bertz CT molecular complexity index is 1830. The van der Waals surface area contributed by atoms with Crippen molar-refractivity contribution < 1.29 is 31.1 Å². The predicted molar refractivity (Wildman–Crippen MR) is 154 cm³/mol. The van der Waals surface area contributed by atoms with Crippen LogP contribution in [0.1, 0.15) is 60.2 Å². The third kappa shape index (κ3) is 5.52. The zero-order valence-corrected chi connectivity index (χ0v) is 25.0. The smallest absolute Gasteiger partial charge is 0.452 e. The standard InChI is InChI=1S/C30H31F3N6O4S/c1-3-43-27(40)16-24(21-10-13-39-26(15-21)35-36-29(39)30(31,32)33)20-9-8-19(2)22(14-20)17-37-18-23-6-5-12-38(23)28-25(44(37,41)42)7-4-11-34-28/h4,7-11,13-15,23-24H,3,5-6,12,16-18H2,1-2H3/t23-,24?/m0/s1. The Morgan fingerprint density at radius 2 is 1.93 bits per heavy atom. The molecule has 10 nitrogen and oxygen atoms in total. The molecule has 3 aromatic heterocycles. The number of aryl methyl sites for hydroxylation is 1. The van der Waals surface area contributed by atoms with Crippen LogP contribution in [-0.4, -0.2) is 64.0 Å². The van der Waals surface area contributed by atoms with Gasteiger partial charge in [0.25, 0.3) is 0 Å². The van der Waals surface area contributed by atoms with Gasteiger partial charge in [-0.25, -0.2) is 13.4 Å². The van der Waals surface area contributed by atoms with Crippen LogP contribution in [-0.2, 0) is 32.3 Å². The third-order valence-electron chi connectivity index (χ3n) is 8.32. The average Bonchev–Trinajstić information content (AvgIpc) is 3.62. The Morgan fingerprint density at radius 3 is 2.70 bits per heavy atom. The van der Waals surface area contributed by atoms with Gasteiger partial charge in [-0.1, -0.05) is 18.2 Å². The lowest BCUT2D eigenvalue weighted by Crippen LogP contribution is -2.39. The number of pyridine rings is 2. The Kier molecular flexibility index (Phi) is 7.82. The van der Waals surface area contributed by atoms with Crippen molar-refractivity contribution in [3.63, 3.8) is 0 Å². The topological polar surface area (TPSA) is 110 Å². The summed E-state index contributed by atoms with van der Waals surface area (Å²) in [4.78, 5) is 19.4. The second kappa shape index (κ2) is 11.5. The minimum Gasteiger partial charge on any atom is -0.466 e. The van der Waals surface area contributed by atoms with Crippen molar-refractivity contribution in [3.05, 3.63) is 82.9 Å². The molecule has 0 bridgehead atoms. The van der Waals surface area contributed by atoms with Crippen LogP contribution in [0.3, 0.4) is 0 Å². The number of sulfonamides is 1. The van der Waals surface area contributed by atoms with Gasteiger partial charge >= 0.3 is 12.1 Å². The van der Waals surface area contributed by atoms with Crippen molar-refractivity contribution in [1.82, 2.24) is 23.9 Å². The molecule has 2 atom stereocenters. The van der Waals surface area contributed by atoms with Crippen molar-refractivity contribution in [1.29, 1.82) is 0 Å². The summed E-state index contributed by atoms with van der Waals surface area (Å²) < 4.78 is 75.6. The van der Waals surface area contributed by atoms with Gasteiger partial charge in [0.15, 0.2) is 5.65 Å². The maximum atomic E-state index is 13.9. The van der Waals surface area contributed by atoms with Crippen LogP contribution in [0.4, 0.5) is 19.0 Å². The largest absolute Gasteiger partial charge is 0.466 e. The quantitative estimate of drug-likeness (QED) is 0.271. The number of alkyl halides is 3. The van der Waals surface area contributed by atoms with Crippen molar-refractivity contribution in [2.75, 3.05) is 24.6 Å². The first-order valence-electron chi connectivity index (χ1n) is 14.4. The van der Waals surface area contributed by atoms with Crippen LogP contribution in [0.15, 0.2) is 59.8 Å². The lowest BCUT2D eigenvalue weighted by atomic mass is 9.87. The van der Waals surface area contributed by atoms with Gasteiger partial charge in [-0.15, -0.1) is 10.2 Å². The van der Waals surface area contributed by atoms with E-state index in [2.05, 4.69) is 20.1 Å². The summed E-state index contributed by atoms with van der Waals surface area (Å²) in [6.07, 6.45) is -0.119. The molecule has 0 spiro atoms. The number of benzene rings is 1. The molecule has 0 aliphatic carbocycles. The van der Waals surface area contributed by atoms with E-state index in [1.165, 1.54) is 22.6 Å². The Balaban J connectivity index is 1.38. The number of carbonyl (C=O) groups excluding carboxylic acids is 1. The van der Waals surface area contributed by atoms with E-state index < -0.39 is 33.9 Å². The van der Waals surface area contributed by atoms with Crippen molar-refractivity contribution >= 4 is 27.5 Å². The summed E-state index contributed by atoms with van der Waals surface area (Å²) in [5.74, 6) is -1.73. The highest BCUT2D eigenvalue weighted by molar-refractivity contribution is 7.89. The molecule has 44 heavy (non-hydrogen) atoms. The average molecular weight is 629 g/mol. The molecule has 2 aliphatic heterocycles. The number of rotatable bonds is 7. The number of halogens is 3. The molecule has 14 heteroatoms. The van der Waals surface area contributed by atoms with Gasteiger partial charge in [-0.2, -0.15) is 17.5 Å². The van der Waals surface area contributed by atoms with Gasteiger partial charge in [0.1, 0.15) is 10.7 Å². The SMILES string of the molecule is CCOC(=O)CC(c1ccc(C)c(CN2C[C@@H]3CCCN3c3ncccc3S2(=O)=O)c1)c1ccn2c(C(F)(F)F)nnc2c1. The molecule has 0 amide bonds. The van der Waals surface area contributed by atoms with Crippen molar-refractivity contribution in [2.24, 2.45) is 0 Å². The molecule has 1 fully saturated rings. The molecule has 1 saturated heterocycles. The lowest BCUT2D eigenvalue weighted by molar-refractivity contribution is -0.145. The van der Waals surface area contributed by atoms with Crippen LogP contribution in [0.2, 0.25) is 0 Å². The van der Waals surface area contributed by atoms with Gasteiger partial charge in [-0.3, -0.25) is 9.20 Å². The summed E-state index contributed by atoms with van der Waals surface area (Å²) in [5.41, 5.74) is 2.83. The molecule has 1 unspecified atom stereocenters. The Hall–Kier alpha value is -4.04. The number of hydrogen-bond acceptors (Lipinski definition) is 8. The van der Waals surface area contributed by atoms with Gasteiger partial charge in [0.2, 0.25) is 15.8 Å². The first kappa shape index (κ1) is 30.0. The molecule has 4 aromatic rings. The second-order valence-electron chi connectivity index (χ2n) is 11.1. The number of anilines is 1. The predicted octanol–water partition coefficient (Wildman–Crippen LogP) is 4.71. The Labute approximate surface area is 252 Å². The fourth-order valence-electron chi connectivity index (χ4n) is 6.13. The summed E-state index contributed by atoms with van der Waals surface area (Å²) >= 11 is 0. The number of aromatic nitrogens is 4. The molecular formula is C30H31F3N6O4S. The third-order valence-corrected chi connectivity index (χ3v) is 10.2. The molecule has 2 aliphatic rings. The first-order chi connectivity index (χ1) is 21.0. The fraction of sp³-hybridized carbons (Fsp3) is 0.400. The van der Waals surface area contributed by atoms with Crippen LogP contribution in [0.5, 0.6) is 0 Å². The number of ether oxygens (including phenoxy) is 1. The van der Waals surface area contributed by atoms with Gasteiger partial charge in [-0.05, 0) is 73.2 Å². The highest BCUT2D eigenvalue weighted by Crippen LogP contribution is 2.37. The minimum atomic E-state index is -4.68. The lowest BCUT2D eigenvalue weighted by Gasteiger charge is -2.26. The number of nitrogens with zero attached hydrogens (tertiary/aromatic N) is 6. The molecule has 1 aromatic carbocycles. The Morgan fingerprint density at radius 1 is 1.14 bits per heavy atom. The van der Waals surface area contributed by atoms with Crippen LogP contribution >= 0.6 is 0 Å². The maximum Gasteiger partial charge on any atom is 0.452 e. The minimum absolute atomic E-state index is 0.00236. The summed E-state index contributed by atoms with van der Waals surface area (Å²) in [6, 6.07) is 11.8. The van der Waals surface area contributed by atoms with E-state index in [0.29, 0.717) is 23.5 Å². The zero-order chi connectivity index (χ0) is 31.2. The highest BCUT2D eigenvalue weighted by Gasteiger charge is 2.40. The molecule has 0 radical (unpaired) electrons. The van der Waals surface area contributed by atoms with Gasteiger partial charge < -0.3 is 9.64 Å². The van der Waals surface area contributed by atoms with Crippen LogP contribution in [0, 0.1) is 6.92 Å². The van der Waals surface area contributed by atoms with E-state index in [-0.39, 0.29) is 36.2 Å². The molecule has 6 rings (SSSR count). The first-order valence-corrected chi connectivity index (χ1v) is 15.8. The van der Waals surface area contributed by atoms with Crippen LogP contribution < -0.4 is 4.90 Å². The molecule has 232 valence electrons. The van der Waals surface area contributed by atoms with E-state index in [9.17, 15) is 26.4 Å². The van der Waals surface area contributed by atoms with E-state index >= 15 is 0 Å². The monoisotopic (exact) mass is 628 g/mol. The van der Waals surface area contributed by atoms with Crippen molar-refractivity contribution in [2.45, 2.75) is 62.7 Å². The zero-order valence-electron chi connectivity index (χ0n) is 24.2. The van der Waals surface area contributed by atoms with Gasteiger partial charge in [0, 0.05) is 44.0 Å². The van der Waals surface area contributed by atoms with Crippen LogP contribution in [0.25, 0.3) is 5.65 Å². The van der Waals surface area contributed by atoms with Gasteiger partial charge in [0.05, 0.1) is 13.0 Å². The molecular weight excluding hydrogens is 597 g/mol. The normalized spacial score (nSPS) is 18.9. The highest BCUT2D eigenvalue weighted by atomic mass is 32.2. The second-order valence-corrected chi connectivity index (χ2v) is 13.0. The summed E-state index contributed by atoms with van der Waals surface area (Å²) in [6.45, 7) is 4.90. The number of carbonyl (C=O) groups is 1. The van der Waals surface area contributed by atoms with E-state index in [1.54, 1.807) is 25.3 Å². The summed E-state index contributed by atoms with van der Waals surface area (Å²) in [5, 5.41) is 7.02. The summed E-state index contributed by atoms with van der Waals surface area (Å²) in [7, 11) is -3.88. The molecule has 0 N–H and O–H groups in total.